The van der Waals surface area contributed by atoms with Crippen LogP contribution in [0.3, 0.4) is 0 Å². The third-order valence-electron chi connectivity index (χ3n) is 2.95. The van der Waals surface area contributed by atoms with Gasteiger partial charge in [-0.15, -0.1) is 13.2 Å². The van der Waals surface area contributed by atoms with E-state index in [0.717, 1.165) is 12.1 Å². The second kappa shape index (κ2) is 5.51. The number of hydrogen-bond acceptors (Lipinski definition) is 3. The van der Waals surface area contributed by atoms with E-state index in [1.54, 1.807) is 0 Å². The van der Waals surface area contributed by atoms with Crippen LogP contribution in [0.25, 0.3) is 0 Å². The molecule has 0 bridgehead atoms. The molecule has 1 aliphatic rings. The van der Waals surface area contributed by atoms with Crippen LogP contribution in [0.15, 0.2) is 18.2 Å². The Bertz CT molecular complexity index is 522. The Labute approximate surface area is 121 Å². The molecule has 4 nitrogen and oxygen atoms in total. The highest BCUT2D eigenvalue weighted by atomic mass is 79.9. The van der Waals surface area contributed by atoms with Gasteiger partial charge in [0.25, 0.3) is 0 Å². The predicted octanol–water partition coefficient (Wildman–Crippen LogP) is 2.92. The smallest absolute Gasteiger partial charge is 0.406 e. The highest BCUT2D eigenvalue weighted by Gasteiger charge is 2.33. The van der Waals surface area contributed by atoms with Gasteiger partial charge in [-0.2, -0.15) is 0 Å². The summed E-state index contributed by atoms with van der Waals surface area (Å²) >= 11 is 3.31. The first-order valence-electron chi connectivity index (χ1n) is 5.82. The number of amides is 1. The molecule has 1 amide bonds. The topological polar surface area (TPSA) is 55.6 Å². The third kappa shape index (κ3) is 3.36. The molecule has 1 unspecified atom stereocenters. The van der Waals surface area contributed by atoms with Crippen molar-refractivity contribution in [3.8, 4) is 5.75 Å². The van der Waals surface area contributed by atoms with E-state index in [4.69, 9.17) is 5.73 Å². The molecule has 2 rings (SSSR count). The quantitative estimate of drug-likeness (QED) is 0.672. The molecule has 110 valence electrons. The third-order valence-corrected chi connectivity index (χ3v) is 3.86. The zero-order chi connectivity index (χ0) is 14.9. The molecule has 0 aliphatic carbocycles. The van der Waals surface area contributed by atoms with Gasteiger partial charge < -0.3 is 15.4 Å². The summed E-state index contributed by atoms with van der Waals surface area (Å²) in [5.41, 5.74) is 6.21. The van der Waals surface area contributed by atoms with Crippen molar-refractivity contribution in [3.63, 3.8) is 0 Å². The summed E-state index contributed by atoms with van der Waals surface area (Å²) in [5, 5.41) is 0.685. The van der Waals surface area contributed by atoms with Crippen LogP contribution in [0.1, 0.15) is 6.42 Å². The first-order valence-corrected chi connectivity index (χ1v) is 6.94. The number of carbonyl (C=O) groups excluding carboxylic acids is 1. The molecule has 2 N–H and O–H groups in total. The lowest BCUT2D eigenvalue weighted by molar-refractivity contribution is -0.274. The Kier molecular flexibility index (Phi) is 4.12. The molecule has 1 aromatic carbocycles. The molecule has 0 radical (unpaired) electrons. The Hall–Kier alpha value is -1.44. The van der Waals surface area contributed by atoms with Gasteiger partial charge in [0.2, 0.25) is 5.91 Å². The number of nitrogen functional groups attached to an aromatic ring is 1. The molecular weight excluding hydrogens is 341 g/mol. The van der Waals surface area contributed by atoms with E-state index in [2.05, 4.69) is 20.7 Å². The number of rotatable bonds is 3. The standard InChI is InChI=1S/C12H12BrF3N2O2/c13-5-7-3-11(19)18(6-7)10-2-1-8(4-9(10)17)20-12(14,15)16/h1-2,4,7H,3,5-6,17H2. The average molecular weight is 353 g/mol. The van der Waals surface area contributed by atoms with Crippen molar-refractivity contribution in [2.24, 2.45) is 5.92 Å². The summed E-state index contributed by atoms with van der Waals surface area (Å²) in [5.74, 6) is -0.318. The Balaban J connectivity index is 2.20. The molecule has 1 fully saturated rings. The number of carbonyl (C=O) groups is 1. The maximum absolute atomic E-state index is 12.1. The molecule has 20 heavy (non-hydrogen) atoms. The highest BCUT2D eigenvalue weighted by Crippen LogP contribution is 2.34. The Morgan fingerprint density at radius 1 is 1.45 bits per heavy atom. The summed E-state index contributed by atoms with van der Waals surface area (Å²) in [6, 6.07) is 3.58. The maximum atomic E-state index is 12.1. The number of halogens is 4. The van der Waals surface area contributed by atoms with Crippen LogP contribution in [0.2, 0.25) is 0 Å². The van der Waals surface area contributed by atoms with Gasteiger partial charge in [-0.25, -0.2) is 0 Å². The lowest BCUT2D eigenvalue weighted by atomic mass is 10.2. The van der Waals surface area contributed by atoms with E-state index < -0.39 is 12.1 Å². The number of nitrogens with zero attached hydrogens (tertiary/aromatic N) is 1. The molecular formula is C12H12BrF3N2O2. The van der Waals surface area contributed by atoms with Crippen molar-refractivity contribution >= 4 is 33.2 Å². The number of nitrogens with two attached hydrogens (primary N) is 1. The monoisotopic (exact) mass is 352 g/mol. The fourth-order valence-corrected chi connectivity index (χ4v) is 2.53. The second-order valence-electron chi connectivity index (χ2n) is 4.50. The zero-order valence-corrected chi connectivity index (χ0v) is 11.9. The van der Waals surface area contributed by atoms with Crippen molar-refractivity contribution in [2.75, 3.05) is 22.5 Å². The van der Waals surface area contributed by atoms with Gasteiger partial charge in [0.05, 0.1) is 11.4 Å². The van der Waals surface area contributed by atoms with Crippen molar-refractivity contribution in [2.45, 2.75) is 12.8 Å². The lowest BCUT2D eigenvalue weighted by Gasteiger charge is -2.19. The van der Waals surface area contributed by atoms with Crippen molar-refractivity contribution in [3.05, 3.63) is 18.2 Å². The highest BCUT2D eigenvalue weighted by molar-refractivity contribution is 9.09. The minimum atomic E-state index is -4.77. The fraction of sp³-hybridized carbons (Fsp3) is 0.417. The van der Waals surface area contributed by atoms with Crippen molar-refractivity contribution in [1.29, 1.82) is 0 Å². The fourth-order valence-electron chi connectivity index (χ4n) is 2.09. The first kappa shape index (κ1) is 15.0. The number of anilines is 2. The van der Waals surface area contributed by atoms with E-state index in [0.29, 0.717) is 24.0 Å². The van der Waals surface area contributed by atoms with E-state index in [1.807, 2.05) is 0 Å². The van der Waals surface area contributed by atoms with Crippen LogP contribution in [0.5, 0.6) is 5.75 Å². The van der Waals surface area contributed by atoms with Crippen molar-refractivity contribution in [1.82, 2.24) is 0 Å². The molecule has 0 aromatic heterocycles. The minimum Gasteiger partial charge on any atom is -0.406 e. The maximum Gasteiger partial charge on any atom is 0.573 e. The molecule has 0 spiro atoms. The summed E-state index contributed by atoms with van der Waals surface area (Å²) in [7, 11) is 0. The number of hydrogen-bond donors (Lipinski definition) is 1. The Morgan fingerprint density at radius 2 is 2.15 bits per heavy atom. The minimum absolute atomic E-state index is 0.0790. The molecule has 1 atom stereocenters. The normalized spacial score (nSPS) is 19.5. The van der Waals surface area contributed by atoms with Crippen LogP contribution < -0.4 is 15.4 Å². The molecule has 8 heteroatoms. The van der Waals surface area contributed by atoms with Crippen LogP contribution in [-0.2, 0) is 4.79 Å². The largest absolute Gasteiger partial charge is 0.573 e. The second-order valence-corrected chi connectivity index (χ2v) is 5.14. The van der Waals surface area contributed by atoms with Gasteiger partial charge in [-0.3, -0.25) is 4.79 Å². The van der Waals surface area contributed by atoms with Gasteiger partial charge in [-0.1, -0.05) is 15.9 Å². The number of ether oxygens (including phenoxy) is 1. The molecule has 1 saturated heterocycles. The van der Waals surface area contributed by atoms with E-state index >= 15 is 0 Å². The zero-order valence-electron chi connectivity index (χ0n) is 10.3. The predicted molar refractivity (Wildman–Crippen MR) is 71.8 cm³/mol. The number of benzene rings is 1. The van der Waals surface area contributed by atoms with Crippen LogP contribution in [0, 0.1) is 5.92 Å². The summed E-state index contributed by atoms with van der Waals surface area (Å²) < 4.78 is 40.1. The van der Waals surface area contributed by atoms with E-state index in [-0.39, 0.29) is 17.5 Å². The van der Waals surface area contributed by atoms with E-state index in [9.17, 15) is 18.0 Å². The van der Waals surface area contributed by atoms with Crippen LogP contribution in [0.4, 0.5) is 24.5 Å². The van der Waals surface area contributed by atoms with Gasteiger partial charge in [-0.05, 0) is 18.1 Å². The van der Waals surface area contributed by atoms with Gasteiger partial charge >= 0.3 is 6.36 Å². The SMILES string of the molecule is Nc1cc(OC(F)(F)F)ccc1N1CC(CBr)CC1=O. The lowest BCUT2D eigenvalue weighted by Crippen LogP contribution is -2.25. The summed E-state index contributed by atoms with van der Waals surface area (Å²) in [6.07, 6.45) is -4.37. The van der Waals surface area contributed by atoms with Crippen LogP contribution >= 0.6 is 15.9 Å². The Morgan fingerprint density at radius 3 is 2.65 bits per heavy atom. The number of alkyl halides is 4. The molecule has 1 aliphatic heterocycles. The first-order chi connectivity index (χ1) is 9.30. The average Bonchev–Trinajstić information content (AvgIpc) is 2.69. The van der Waals surface area contributed by atoms with Crippen LogP contribution in [-0.4, -0.2) is 24.1 Å². The molecule has 0 saturated carbocycles. The summed E-state index contributed by atoms with van der Waals surface area (Å²) in [6.45, 7) is 0.494. The summed E-state index contributed by atoms with van der Waals surface area (Å²) in [4.78, 5) is 13.3. The van der Waals surface area contributed by atoms with Crippen molar-refractivity contribution < 1.29 is 22.7 Å². The van der Waals surface area contributed by atoms with E-state index in [1.165, 1.54) is 11.0 Å². The van der Waals surface area contributed by atoms with Gasteiger partial charge in [0.15, 0.2) is 0 Å². The molecule has 1 aromatic rings. The molecule has 1 heterocycles. The van der Waals surface area contributed by atoms with Gasteiger partial charge in [0.1, 0.15) is 5.75 Å². The van der Waals surface area contributed by atoms with Gasteiger partial charge in [0, 0.05) is 24.4 Å².